The van der Waals surface area contributed by atoms with E-state index >= 15 is 0 Å². The van der Waals surface area contributed by atoms with Crippen molar-refractivity contribution in [3.63, 3.8) is 0 Å². The van der Waals surface area contributed by atoms with Gasteiger partial charge in [0.2, 0.25) is 0 Å². The van der Waals surface area contributed by atoms with Crippen molar-refractivity contribution in [1.82, 2.24) is 15.1 Å². The van der Waals surface area contributed by atoms with Gasteiger partial charge in [0.25, 0.3) is 0 Å². The molecule has 1 aromatic rings. The number of nitrogens with one attached hydrogen (secondary N) is 1. The minimum atomic E-state index is -4.17. The molecule has 1 aliphatic heterocycles. The monoisotopic (exact) mass is 394 g/mol. The van der Waals surface area contributed by atoms with Crippen molar-refractivity contribution in [2.24, 2.45) is 16.8 Å². The molecule has 28 heavy (non-hydrogen) atoms. The Morgan fingerprint density at radius 2 is 1.93 bits per heavy atom. The van der Waals surface area contributed by atoms with E-state index < -0.39 is 12.2 Å². The molecule has 4 atom stereocenters. The molecule has 4 unspecified atom stereocenters. The van der Waals surface area contributed by atoms with Gasteiger partial charge < -0.3 is 10.2 Å². The Morgan fingerprint density at radius 1 is 1.21 bits per heavy atom. The van der Waals surface area contributed by atoms with Crippen molar-refractivity contribution < 1.29 is 13.2 Å². The van der Waals surface area contributed by atoms with Gasteiger partial charge in [0.15, 0.2) is 5.96 Å². The molecule has 0 aromatic heterocycles. The Bertz CT molecular complexity index is 725. The lowest BCUT2D eigenvalue weighted by molar-refractivity contribution is -0.181. The van der Waals surface area contributed by atoms with E-state index in [0.29, 0.717) is 43.9 Å². The molecule has 0 amide bonds. The summed E-state index contributed by atoms with van der Waals surface area (Å²) in [5, 5.41) is 3.33. The topological polar surface area (TPSA) is 30.9 Å². The van der Waals surface area contributed by atoms with Gasteiger partial charge in [-0.05, 0) is 49.1 Å². The van der Waals surface area contributed by atoms with Crippen LogP contribution < -0.4 is 5.32 Å². The normalized spacial score (nSPS) is 28.7. The number of aliphatic imine (C=N–C) groups is 1. The predicted molar refractivity (Wildman–Crippen MR) is 105 cm³/mol. The average molecular weight is 394 g/mol. The first-order valence-electron chi connectivity index (χ1n) is 10.3. The van der Waals surface area contributed by atoms with Crippen molar-refractivity contribution in [3.8, 4) is 0 Å². The number of piperazine rings is 1. The van der Waals surface area contributed by atoms with Crippen molar-refractivity contribution in [2.75, 3.05) is 39.3 Å². The van der Waals surface area contributed by atoms with Gasteiger partial charge in [0.1, 0.15) is 6.04 Å². The van der Waals surface area contributed by atoms with Crippen LogP contribution in [0.25, 0.3) is 0 Å². The minimum absolute atomic E-state index is 0.410. The molecule has 7 heteroatoms. The van der Waals surface area contributed by atoms with E-state index in [1.807, 2.05) is 6.92 Å². The molecule has 0 spiro atoms. The molecule has 1 saturated carbocycles. The molecule has 4 nitrogen and oxygen atoms in total. The summed E-state index contributed by atoms with van der Waals surface area (Å²) in [6.45, 7) is 6.81. The highest BCUT2D eigenvalue weighted by atomic mass is 19.4. The zero-order chi connectivity index (χ0) is 19.9. The fourth-order valence-electron chi connectivity index (χ4n) is 4.88. The standard InChI is InChI=1S/C21H29F3N4/c1-3-25-20(28-10-8-27(9-11-28)14(2)21(22,23)24)26-13-18-17-12-15-6-4-5-7-16(15)19(17)18/h4-7,14,17-19H,3,8-13H2,1-2H3,(H,25,26). The van der Waals surface area contributed by atoms with E-state index in [9.17, 15) is 13.2 Å². The van der Waals surface area contributed by atoms with E-state index in [1.165, 1.54) is 23.0 Å². The molecular formula is C21H29F3N4. The summed E-state index contributed by atoms with van der Waals surface area (Å²) in [5.74, 6) is 2.82. The van der Waals surface area contributed by atoms with Crippen LogP contribution in [0.2, 0.25) is 0 Å². The maximum atomic E-state index is 13.0. The van der Waals surface area contributed by atoms with Crippen molar-refractivity contribution in [2.45, 2.75) is 38.4 Å². The van der Waals surface area contributed by atoms with E-state index in [1.54, 1.807) is 0 Å². The van der Waals surface area contributed by atoms with E-state index in [4.69, 9.17) is 4.99 Å². The van der Waals surface area contributed by atoms with E-state index in [-0.39, 0.29) is 0 Å². The third-order valence-electron chi connectivity index (χ3n) is 6.62. The number of halogens is 3. The van der Waals surface area contributed by atoms with Crippen LogP contribution in [-0.2, 0) is 6.42 Å². The van der Waals surface area contributed by atoms with Crippen molar-refractivity contribution in [3.05, 3.63) is 35.4 Å². The van der Waals surface area contributed by atoms with Gasteiger partial charge in [-0.3, -0.25) is 9.89 Å². The summed E-state index contributed by atoms with van der Waals surface area (Å²) in [6, 6.07) is 7.31. The van der Waals surface area contributed by atoms with Crippen molar-refractivity contribution in [1.29, 1.82) is 0 Å². The fraction of sp³-hybridized carbons (Fsp3) is 0.667. The SMILES string of the molecule is CCNC(=NCC1C2Cc3ccccc3C12)N1CCN(C(C)C(F)(F)F)CC1. The maximum absolute atomic E-state index is 13.0. The number of nitrogens with zero attached hydrogens (tertiary/aromatic N) is 3. The number of hydrogen-bond acceptors (Lipinski definition) is 2. The van der Waals surface area contributed by atoms with Gasteiger partial charge in [-0.15, -0.1) is 0 Å². The van der Waals surface area contributed by atoms with Crippen LogP contribution in [0.4, 0.5) is 13.2 Å². The van der Waals surface area contributed by atoms with Gasteiger partial charge >= 0.3 is 6.18 Å². The van der Waals surface area contributed by atoms with E-state index in [2.05, 4.69) is 34.5 Å². The number of rotatable bonds is 4. The third-order valence-corrected chi connectivity index (χ3v) is 6.62. The first-order valence-corrected chi connectivity index (χ1v) is 10.3. The van der Waals surface area contributed by atoms with Gasteiger partial charge in [0, 0.05) is 39.3 Å². The average Bonchev–Trinajstić information content (AvgIpc) is 3.21. The minimum Gasteiger partial charge on any atom is -0.357 e. The zero-order valence-corrected chi connectivity index (χ0v) is 16.5. The van der Waals surface area contributed by atoms with Crippen LogP contribution in [0.1, 0.15) is 30.9 Å². The molecule has 1 N–H and O–H groups in total. The number of fused-ring (bicyclic) bond motifs is 3. The molecule has 154 valence electrons. The number of guanidine groups is 1. The Labute approximate surface area is 164 Å². The second kappa shape index (κ2) is 7.58. The maximum Gasteiger partial charge on any atom is 0.403 e. The third kappa shape index (κ3) is 3.73. The highest BCUT2D eigenvalue weighted by Gasteiger charge is 2.55. The van der Waals surface area contributed by atoms with Crippen LogP contribution in [0, 0.1) is 11.8 Å². The first-order chi connectivity index (χ1) is 13.4. The van der Waals surface area contributed by atoms with Crippen molar-refractivity contribution >= 4 is 5.96 Å². The molecule has 1 saturated heterocycles. The van der Waals surface area contributed by atoms with Crippen LogP contribution >= 0.6 is 0 Å². The molecule has 1 heterocycles. The Morgan fingerprint density at radius 3 is 2.61 bits per heavy atom. The lowest BCUT2D eigenvalue weighted by Gasteiger charge is -2.39. The number of alkyl halides is 3. The molecule has 1 aromatic carbocycles. The second-order valence-electron chi connectivity index (χ2n) is 8.19. The summed E-state index contributed by atoms with van der Waals surface area (Å²) in [5.41, 5.74) is 2.98. The number of hydrogen-bond donors (Lipinski definition) is 1. The quantitative estimate of drug-likeness (QED) is 0.629. The zero-order valence-electron chi connectivity index (χ0n) is 16.5. The van der Waals surface area contributed by atoms with Gasteiger partial charge in [0.05, 0.1) is 0 Å². The number of benzene rings is 1. The van der Waals surface area contributed by atoms with Gasteiger partial charge in [-0.25, -0.2) is 0 Å². The fourth-order valence-corrected chi connectivity index (χ4v) is 4.88. The largest absolute Gasteiger partial charge is 0.403 e. The van der Waals surface area contributed by atoms with Crippen LogP contribution in [0.5, 0.6) is 0 Å². The Hall–Kier alpha value is -1.76. The molecular weight excluding hydrogens is 365 g/mol. The molecule has 0 radical (unpaired) electrons. The predicted octanol–water partition coefficient (Wildman–Crippen LogP) is 3.11. The van der Waals surface area contributed by atoms with Gasteiger partial charge in [-0.2, -0.15) is 13.2 Å². The highest BCUT2D eigenvalue weighted by Crippen LogP contribution is 2.61. The molecule has 4 rings (SSSR count). The summed E-state index contributed by atoms with van der Waals surface area (Å²) < 4.78 is 38.9. The lowest BCUT2D eigenvalue weighted by atomic mass is 10.0. The Balaban J connectivity index is 1.34. The summed E-state index contributed by atoms with van der Waals surface area (Å²) >= 11 is 0. The van der Waals surface area contributed by atoms with E-state index in [0.717, 1.165) is 25.5 Å². The molecule has 2 fully saturated rings. The first kappa shape index (κ1) is 19.6. The van der Waals surface area contributed by atoms with Crippen LogP contribution in [-0.4, -0.2) is 67.2 Å². The second-order valence-corrected chi connectivity index (χ2v) is 8.19. The van der Waals surface area contributed by atoms with Crippen LogP contribution in [0.15, 0.2) is 29.3 Å². The summed E-state index contributed by atoms with van der Waals surface area (Å²) in [7, 11) is 0. The lowest BCUT2D eigenvalue weighted by Crippen LogP contribution is -2.56. The summed E-state index contributed by atoms with van der Waals surface area (Å²) in [6.07, 6.45) is -3.01. The Kier molecular flexibility index (Phi) is 5.29. The van der Waals surface area contributed by atoms with Crippen LogP contribution in [0.3, 0.4) is 0 Å². The molecule has 0 bridgehead atoms. The van der Waals surface area contributed by atoms with Gasteiger partial charge in [-0.1, -0.05) is 24.3 Å². The smallest absolute Gasteiger partial charge is 0.357 e. The highest BCUT2D eigenvalue weighted by molar-refractivity contribution is 5.80. The molecule has 2 aliphatic carbocycles. The summed E-state index contributed by atoms with van der Waals surface area (Å²) in [4.78, 5) is 8.49. The molecule has 3 aliphatic rings.